The van der Waals surface area contributed by atoms with E-state index < -0.39 is 0 Å². The molecular weight excluding hydrogens is 286 g/mol. The Balaban J connectivity index is 2.45. The van der Waals surface area contributed by atoms with E-state index in [9.17, 15) is 0 Å². The number of halogens is 1. The van der Waals surface area contributed by atoms with Crippen LogP contribution in [0.3, 0.4) is 0 Å². The van der Waals surface area contributed by atoms with Gasteiger partial charge in [-0.2, -0.15) is 0 Å². The molecular formula is C16H26BrN. The molecule has 1 aromatic rings. The van der Waals surface area contributed by atoms with E-state index in [-0.39, 0.29) is 0 Å². The van der Waals surface area contributed by atoms with Crippen molar-refractivity contribution in [2.75, 3.05) is 11.9 Å². The monoisotopic (exact) mass is 311 g/mol. The van der Waals surface area contributed by atoms with Crippen molar-refractivity contribution in [1.82, 2.24) is 4.90 Å². The van der Waals surface area contributed by atoms with Crippen LogP contribution in [0.1, 0.15) is 39.2 Å². The molecule has 18 heavy (non-hydrogen) atoms. The van der Waals surface area contributed by atoms with Crippen LogP contribution in [0, 0.1) is 5.92 Å². The van der Waals surface area contributed by atoms with Crippen LogP contribution in [0.15, 0.2) is 30.3 Å². The highest BCUT2D eigenvalue weighted by molar-refractivity contribution is 9.09. The van der Waals surface area contributed by atoms with E-state index in [4.69, 9.17) is 0 Å². The second-order valence-corrected chi connectivity index (χ2v) is 6.21. The molecule has 0 aliphatic carbocycles. The lowest BCUT2D eigenvalue weighted by Crippen LogP contribution is -2.32. The fourth-order valence-corrected chi connectivity index (χ4v) is 2.84. The van der Waals surface area contributed by atoms with Crippen molar-refractivity contribution in [2.24, 2.45) is 5.92 Å². The fourth-order valence-electron chi connectivity index (χ4n) is 2.05. The first kappa shape index (κ1) is 15.7. The first-order chi connectivity index (χ1) is 8.63. The highest BCUT2D eigenvalue weighted by atomic mass is 79.9. The van der Waals surface area contributed by atoms with Crippen molar-refractivity contribution in [3.8, 4) is 0 Å². The second kappa shape index (κ2) is 8.71. The third-order valence-corrected chi connectivity index (χ3v) is 3.93. The molecule has 1 nitrogen and oxygen atoms in total. The van der Waals surface area contributed by atoms with E-state index in [1.54, 1.807) is 0 Å². The lowest BCUT2D eigenvalue weighted by atomic mass is 10.0. The van der Waals surface area contributed by atoms with Crippen LogP contribution < -0.4 is 0 Å². The summed E-state index contributed by atoms with van der Waals surface area (Å²) in [4.78, 5) is 2.57. The third kappa shape index (κ3) is 6.01. The van der Waals surface area contributed by atoms with Crippen molar-refractivity contribution >= 4 is 15.9 Å². The molecule has 0 aromatic heterocycles. The zero-order chi connectivity index (χ0) is 13.4. The number of rotatable bonds is 8. The van der Waals surface area contributed by atoms with Gasteiger partial charge in [-0.15, -0.1) is 0 Å². The van der Waals surface area contributed by atoms with Gasteiger partial charge in [0.05, 0.1) is 0 Å². The Labute approximate surface area is 121 Å². The number of benzene rings is 1. The molecule has 0 aliphatic heterocycles. The van der Waals surface area contributed by atoms with Crippen LogP contribution in [-0.2, 0) is 6.54 Å². The predicted molar refractivity (Wildman–Crippen MR) is 84.2 cm³/mol. The lowest BCUT2D eigenvalue weighted by Gasteiger charge is -2.27. The van der Waals surface area contributed by atoms with Crippen molar-refractivity contribution in [1.29, 1.82) is 0 Å². The normalized spacial score (nSPS) is 13.2. The summed E-state index contributed by atoms with van der Waals surface area (Å²) in [5.41, 5.74) is 1.42. The Bertz CT molecular complexity index is 310. The van der Waals surface area contributed by atoms with Crippen molar-refractivity contribution in [3.05, 3.63) is 35.9 Å². The van der Waals surface area contributed by atoms with Crippen LogP contribution in [0.4, 0.5) is 0 Å². The topological polar surface area (TPSA) is 3.24 Å². The van der Waals surface area contributed by atoms with Gasteiger partial charge in [0, 0.05) is 17.9 Å². The second-order valence-electron chi connectivity index (χ2n) is 5.42. The minimum absolute atomic E-state index is 0.612. The SMILES string of the molecule is CC(CCBr)CCN(Cc1ccccc1)C(C)C. The molecule has 0 spiro atoms. The summed E-state index contributed by atoms with van der Waals surface area (Å²) >= 11 is 3.53. The molecule has 102 valence electrons. The fraction of sp³-hybridized carbons (Fsp3) is 0.625. The van der Waals surface area contributed by atoms with Crippen molar-refractivity contribution < 1.29 is 0 Å². The minimum atomic E-state index is 0.612. The van der Waals surface area contributed by atoms with Crippen LogP contribution >= 0.6 is 15.9 Å². The van der Waals surface area contributed by atoms with Crippen LogP contribution in [-0.4, -0.2) is 22.8 Å². The summed E-state index contributed by atoms with van der Waals surface area (Å²) in [6.45, 7) is 9.19. The van der Waals surface area contributed by atoms with Crippen LogP contribution in [0.5, 0.6) is 0 Å². The average Bonchev–Trinajstić information content (AvgIpc) is 2.35. The van der Waals surface area contributed by atoms with Gasteiger partial charge in [-0.25, -0.2) is 0 Å². The number of hydrogen-bond donors (Lipinski definition) is 0. The zero-order valence-corrected chi connectivity index (χ0v) is 13.5. The molecule has 1 rings (SSSR count). The summed E-state index contributed by atoms with van der Waals surface area (Å²) in [6.07, 6.45) is 2.56. The van der Waals surface area contributed by atoms with Crippen LogP contribution in [0.2, 0.25) is 0 Å². The maximum Gasteiger partial charge on any atom is 0.0236 e. The largest absolute Gasteiger partial charge is 0.297 e. The molecule has 0 saturated carbocycles. The van der Waals surface area contributed by atoms with Gasteiger partial charge in [0.25, 0.3) is 0 Å². The van der Waals surface area contributed by atoms with Gasteiger partial charge in [0.15, 0.2) is 0 Å². The Morgan fingerprint density at radius 1 is 1.06 bits per heavy atom. The van der Waals surface area contributed by atoms with Gasteiger partial charge >= 0.3 is 0 Å². The van der Waals surface area contributed by atoms with E-state index in [0.717, 1.165) is 17.8 Å². The van der Waals surface area contributed by atoms with E-state index in [1.165, 1.54) is 24.9 Å². The Hall–Kier alpha value is -0.340. The predicted octanol–water partition coefficient (Wildman–Crippen LogP) is 4.71. The molecule has 0 amide bonds. The lowest BCUT2D eigenvalue weighted by molar-refractivity contribution is 0.198. The first-order valence-corrected chi connectivity index (χ1v) is 8.09. The third-order valence-electron chi connectivity index (χ3n) is 3.47. The van der Waals surface area contributed by atoms with Crippen molar-refractivity contribution in [2.45, 2.75) is 46.2 Å². The minimum Gasteiger partial charge on any atom is -0.297 e. The number of hydrogen-bond acceptors (Lipinski definition) is 1. The summed E-state index contributed by atoms with van der Waals surface area (Å²) in [5.74, 6) is 0.807. The van der Waals surface area contributed by atoms with Gasteiger partial charge < -0.3 is 0 Å². The van der Waals surface area contributed by atoms with Gasteiger partial charge in [-0.3, -0.25) is 4.90 Å². The standard InChI is InChI=1S/C16H26BrN/c1-14(2)18(12-10-15(3)9-11-17)13-16-7-5-4-6-8-16/h4-8,14-15H,9-13H2,1-3H3. The molecule has 1 atom stereocenters. The summed E-state index contributed by atoms with van der Waals surface area (Å²) in [7, 11) is 0. The number of nitrogens with zero attached hydrogens (tertiary/aromatic N) is 1. The average molecular weight is 312 g/mol. The highest BCUT2D eigenvalue weighted by Crippen LogP contribution is 2.14. The molecule has 0 aliphatic rings. The summed E-state index contributed by atoms with van der Waals surface area (Å²) in [6, 6.07) is 11.4. The smallest absolute Gasteiger partial charge is 0.0236 e. The van der Waals surface area contributed by atoms with E-state index in [0.29, 0.717) is 6.04 Å². The van der Waals surface area contributed by atoms with Gasteiger partial charge in [0.1, 0.15) is 0 Å². The van der Waals surface area contributed by atoms with E-state index in [1.807, 2.05) is 0 Å². The first-order valence-electron chi connectivity index (χ1n) is 6.97. The summed E-state index contributed by atoms with van der Waals surface area (Å²) < 4.78 is 0. The van der Waals surface area contributed by atoms with Crippen LogP contribution in [0.25, 0.3) is 0 Å². The molecule has 0 saturated heterocycles. The molecule has 0 bridgehead atoms. The molecule has 1 aromatic carbocycles. The van der Waals surface area contributed by atoms with Gasteiger partial charge in [-0.1, -0.05) is 53.2 Å². The summed E-state index contributed by atoms with van der Waals surface area (Å²) in [5, 5.41) is 1.12. The molecule has 2 heteroatoms. The molecule has 0 radical (unpaired) electrons. The van der Waals surface area contributed by atoms with E-state index >= 15 is 0 Å². The zero-order valence-electron chi connectivity index (χ0n) is 11.9. The van der Waals surface area contributed by atoms with Gasteiger partial charge in [-0.05, 0) is 44.7 Å². The van der Waals surface area contributed by atoms with E-state index in [2.05, 4.69) is 71.9 Å². The quantitative estimate of drug-likeness (QED) is 0.628. The molecule has 1 unspecified atom stereocenters. The highest BCUT2D eigenvalue weighted by Gasteiger charge is 2.11. The Morgan fingerprint density at radius 3 is 2.28 bits per heavy atom. The maximum atomic E-state index is 3.53. The Kier molecular flexibility index (Phi) is 7.60. The van der Waals surface area contributed by atoms with Crippen molar-refractivity contribution in [3.63, 3.8) is 0 Å². The maximum absolute atomic E-state index is 3.53. The Morgan fingerprint density at radius 2 is 1.72 bits per heavy atom. The number of alkyl halides is 1. The molecule has 0 N–H and O–H groups in total. The molecule has 0 fully saturated rings. The van der Waals surface area contributed by atoms with Gasteiger partial charge in [0.2, 0.25) is 0 Å². The molecule has 0 heterocycles.